The van der Waals surface area contributed by atoms with Crippen LogP contribution < -0.4 is 5.32 Å². The van der Waals surface area contributed by atoms with Crippen molar-refractivity contribution in [3.63, 3.8) is 0 Å². The summed E-state index contributed by atoms with van der Waals surface area (Å²) in [6, 6.07) is 63.4. The molecule has 9 aromatic rings. The molecule has 3 heteroatoms. The van der Waals surface area contributed by atoms with Gasteiger partial charge in [-0.1, -0.05) is 133 Å². The van der Waals surface area contributed by atoms with Crippen LogP contribution in [0.3, 0.4) is 0 Å². The van der Waals surface area contributed by atoms with E-state index >= 15 is 0 Å². The van der Waals surface area contributed by atoms with Crippen molar-refractivity contribution >= 4 is 54.9 Å². The number of nitrogens with zero attached hydrogens (tertiary/aromatic N) is 2. The molecule has 0 spiro atoms. The third-order valence-electron chi connectivity index (χ3n) is 10.1. The molecule has 1 aliphatic rings. The Labute approximate surface area is 290 Å². The molecule has 0 aliphatic carbocycles. The van der Waals surface area contributed by atoms with Crippen molar-refractivity contribution in [1.82, 2.24) is 14.5 Å². The Balaban J connectivity index is 1.23. The van der Waals surface area contributed by atoms with Crippen LogP contribution in [-0.2, 0) is 0 Å². The topological polar surface area (TPSA) is 21.9 Å². The van der Waals surface area contributed by atoms with Gasteiger partial charge < -0.3 is 14.5 Å². The fraction of sp³-hybridized carbons (Fsp3) is 0.0213. The Bertz CT molecular complexity index is 2770. The molecule has 0 amide bonds. The molecule has 0 fully saturated rings. The van der Waals surface area contributed by atoms with Gasteiger partial charge in [0, 0.05) is 38.6 Å². The minimum atomic E-state index is 0.0482. The summed E-state index contributed by atoms with van der Waals surface area (Å²) in [4.78, 5) is 0. The molecule has 1 unspecified atom stereocenters. The van der Waals surface area contributed by atoms with E-state index in [0.717, 1.165) is 17.1 Å². The van der Waals surface area contributed by atoms with Crippen LogP contribution in [0.2, 0.25) is 0 Å². The number of hydrogen-bond donors (Lipinski definition) is 1. The molecule has 2 aromatic heterocycles. The van der Waals surface area contributed by atoms with Crippen LogP contribution in [0.25, 0.3) is 66.3 Å². The Hall–Kier alpha value is -6.58. The van der Waals surface area contributed by atoms with E-state index in [0.29, 0.717) is 0 Å². The van der Waals surface area contributed by atoms with Gasteiger partial charge in [-0.25, -0.2) is 0 Å². The van der Waals surface area contributed by atoms with Gasteiger partial charge in [0.15, 0.2) is 0 Å². The van der Waals surface area contributed by atoms with Crippen LogP contribution in [-0.4, -0.2) is 9.13 Å². The largest absolute Gasteiger partial charge is 0.374 e. The maximum absolute atomic E-state index is 3.81. The normalized spacial score (nSPS) is 14.6. The van der Waals surface area contributed by atoms with Crippen LogP contribution in [0.15, 0.2) is 188 Å². The molecule has 1 aliphatic heterocycles. The van der Waals surface area contributed by atoms with Gasteiger partial charge in [-0.2, -0.15) is 0 Å². The second-order valence-electron chi connectivity index (χ2n) is 13.0. The number of hydrogen-bond acceptors (Lipinski definition) is 1. The zero-order valence-electron chi connectivity index (χ0n) is 27.4. The number of benzene rings is 7. The highest BCUT2D eigenvalue weighted by Gasteiger charge is 2.22. The Morgan fingerprint density at radius 1 is 0.440 bits per heavy atom. The van der Waals surface area contributed by atoms with Crippen LogP contribution in [0, 0.1) is 0 Å². The van der Waals surface area contributed by atoms with Gasteiger partial charge in [-0.3, -0.25) is 0 Å². The smallest absolute Gasteiger partial charge is 0.0707 e. The van der Waals surface area contributed by atoms with Gasteiger partial charge in [-0.05, 0) is 76.9 Å². The lowest BCUT2D eigenvalue weighted by Gasteiger charge is -2.26. The molecule has 0 radical (unpaired) electrons. The van der Waals surface area contributed by atoms with E-state index in [1.54, 1.807) is 0 Å². The van der Waals surface area contributed by atoms with E-state index in [1.165, 1.54) is 65.9 Å². The van der Waals surface area contributed by atoms with E-state index in [9.17, 15) is 0 Å². The average molecular weight is 640 g/mol. The van der Waals surface area contributed by atoms with Gasteiger partial charge in [0.05, 0.1) is 28.1 Å². The van der Waals surface area contributed by atoms with Crippen LogP contribution >= 0.6 is 0 Å². The number of dihydropyridines is 1. The van der Waals surface area contributed by atoms with Gasteiger partial charge >= 0.3 is 0 Å². The first kappa shape index (κ1) is 28.4. The summed E-state index contributed by atoms with van der Waals surface area (Å²) in [6.07, 6.45) is 4.66. The summed E-state index contributed by atoms with van der Waals surface area (Å²) in [7, 11) is 0. The Morgan fingerprint density at radius 3 is 1.84 bits per heavy atom. The van der Waals surface area contributed by atoms with Crippen LogP contribution in [0.1, 0.15) is 22.7 Å². The SMILES string of the molecule is C1=C(c2cccc(-n3c4ccccc4c4ccc5c(c6ccccc6n5-c5ccccc5)c43)c2)C=C(c2ccccc2)NC1c1ccccc1. The minimum absolute atomic E-state index is 0.0482. The van der Waals surface area contributed by atoms with Crippen molar-refractivity contribution in [2.45, 2.75) is 6.04 Å². The van der Waals surface area contributed by atoms with E-state index in [2.05, 4.69) is 203 Å². The lowest BCUT2D eigenvalue weighted by atomic mass is 9.93. The van der Waals surface area contributed by atoms with Crippen molar-refractivity contribution in [3.05, 3.63) is 205 Å². The number of allylic oxidation sites excluding steroid dienone is 2. The summed E-state index contributed by atoms with van der Waals surface area (Å²) < 4.78 is 4.89. The second-order valence-corrected chi connectivity index (χ2v) is 13.0. The molecule has 3 heterocycles. The monoisotopic (exact) mass is 639 g/mol. The molecule has 50 heavy (non-hydrogen) atoms. The maximum Gasteiger partial charge on any atom is 0.0707 e. The summed E-state index contributed by atoms with van der Waals surface area (Å²) in [6.45, 7) is 0. The molecule has 0 bridgehead atoms. The molecule has 3 nitrogen and oxygen atoms in total. The van der Waals surface area contributed by atoms with E-state index in [4.69, 9.17) is 0 Å². The van der Waals surface area contributed by atoms with Crippen molar-refractivity contribution in [2.75, 3.05) is 0 Å². The number of rotatable bonds is 5. The molecular weight excluding hydrogens is 607 g/mol. The molecular formula is C47H33N3. The van der Waals surface area contributed by atoms with Crippen molar-refractivity contribution in [2.24, 2.45) is 0 Å². The molecule has 0 saturated heterocycles. The molecule has 7 aromatic carbocycles. The minimum Gasteiger partial charge on any atom is -0.374 e. The summed E-state index contributed by atoms with van der Waals surface area (Å²) in [5.41, 5.74) is 13.1. The quantitative estimate of drug-likeness (QED) is 0.199. The average Bonchev–Trinajstić information content (AvgIpc) is 3.72. The van der Waals surface area contributed by atoms with Gasteiger partial charge in [-0.15, -0.1) is 0 Å². The number of nitrogens with one attached hydrogen (secondary N) is 1. The summed E-state index contributed by atoms with van der Waals surface area (Å²) in [5.74, 6) is 0. The first-order chi connectivity index (χ1) is 24.8. The van der Waals surface area contributed by atoms with Crippen LogP contribution in [0.5, 0.6) is 0 Å². The summed E-state index contributed by atoms with van der Waals surface area (Å²) >= 11 is 0. The third-order valence-corrected chi connectivity index (χ3v) is 10.1. The van der Waals surface area contributed by atoms with Gasteiger partial charge in [0.25, 0.3) is 0 Å². The predicted molar refractivity (Wildman–Crippen MR) is 210 cm³/mol. The lowest BCUT2D eigenvalue weighted by molar-refractivity contribution is 0.767. The molecule has 1 N–H and O–H groups in total. The standard InChI is InChI=1S/C47H33N3/c1-4-15-32(16-5-1)41-30-35(31-42(48-41)33-17-6-2-7-18-33)34-19-14-22-37(29-34)50-43-25-12-10-23-38(43)39-27-28-45-46(47(39)50)40-24-11-13-26-44(40)49(45)36-20-8-3-9-21-36/h1-31,41,48H. The first-order valence-corrected chi connectivity index (χ1v) is 17.2. The van der Waals surface area contributed by atoms with Crippen molar-refractivity contribution in [3.8, 4) is 11.4 Å². The molecule has 236 valence electrons. The van der Waals surface area contributed by atoms with E-state index in [1.807, 2.05) is 0 Å². The van der Waals surface area contributed by atoms with Crippen molar-refractivity contribution < 1.29 is 0 Å². The highest BCUT2D eigenvalue weighted by Crippen LogP contribution is 2.42. The number of aromatic nitrogens is 2. The van der Waals surface area contributed by atoms with Gasteiger partial charge in [0.2, 0.25) is 0 Å². The van der Waals surface area contributed by atoms with E-state index in [-0.39, 0.29) is 6.04 Å². The highest BCUT2D eigenvalue weighted by atomic mass is 15.0. The third kappa shape index (κ3) is 4.52. The summed E-state index contributed by atoms with van der Waals surface area (Å²) in [5, 5.41) is 8.83. The Kier molecular flexibility index (Phi) is 6.56. The maximum atomic E-state index is 3.81. The van der Waals surface area contributed by atoms with Crippen molar-refractivity contribution in [1.29, 1.82) is 0 Å². The molecule has 10 rings (SSSR count). The Morgan fingerprint density at radius 2 is 1.06 bits per heavy atom. The number of fused-ring (bicyclic) bond motifs is 7. The number of para-hydroxylation sites is 3. The van der Waals surface area contributed by atoms with Crippen LogP contribution in [0.4, 0.5) is 0 Å². The van der Waals surface area contributed by atoms with Gasteiger partial charge in [0.1, 0.15) is 0 Å². The highest BCUT2D eigenvalue weighted by molar-refractivity contribution is 6.26. The first-order valence-electron chi connectivity index (χ1n) is 17.2. The van der Waals surface area contributed by atoms with E-state index < -0.39 is 0 Å². The fourth-order valence-electron chi connectivity index (χ4n) is 7.89. The molecule has 1 atom stereocenters. The predicted octanol–water partition coefficient (Wildman–Crippen LogP) is 11.6. The zero-order chi connectivity index (χ0) is 33.0. The fourth-order valence-corrected chi connectivity index (χ4v) is 7.89. The lowest BCUT2D eigenvalue weighted by Crippen LogP contribution is -2.21. The second kappa shape index (κ2) is 11.5. The zero-order valence-corrected chi connectivity index (χ0v) is 27.4. The molecule has 0 saturated carbocycles.